The van der Waals surface area contributed by atoms with Gasteiger partial charge in [0.2, 0.25) is 11.8 Å². The van der Waals surface area contributed by atoms with E-state index in [0.717, 1.165) is 55.2 Å². The second-order valence-electron chi connectivity index (χ2n) is 8.88. The third kappa shape index (κ3) is 6.83. The lowest BCUT2D eigenvalue weighted by atomic mass is 10.0. The minimum absolute atomic E-state index is 0.00708. The fraction of sp³-hybridized carbons (Fsp3) is 0.444. The van der Waals surface area contributed by atoms with Crippen molar-refractivity contribution < 1.29 is 19.1 Å². The molecule has 1 saturated heterocycles. The highest BCUT2D eigenvalue weighted by Crippen LogP contribution is 2.30. The number of hydrazone groups is 1. The van der Waals surface area contributed by atoms with Crippen molar-refractivity contribution in [2.24, 2.45) is 5.10 Å². The molecule has 36 heavy (non-hydrogen) atoms. The first kappa shape index (κ1) is 25.7. The predicted molar refractivity (Wildman–Crippen MR) is 139 cm³/mol. The van der Waals surface area contributed by atoms with Gasteiger partial charge >= 0.3 is 0 Å². The number of hydrogen-bond donors (Lipinski definition) is 2. The quantitative estimate of drug-likeness (QED) is 0.529. The lowest BCUT2D eigenvalue weighted by Gasteiger charge is -2.26. The van der Waals surface area contributed by atoms with E-state index in [0.29, 0.717) is 43.9 Å². The molecule has 2 aliphatic heterocycles. The van der Waals surface area contributed by atoms with Gasteiger partial charge in [-0.1, -0.05) is 12.1 Å². The third-order valence-corrected chi connectivity index (χ3v) is 6.34. The van der Waals surface area contributed by atoms with Crippen molar-refractivity contribution in [1.82, 2.24) is 15.2 Å². The molecule has 0 atom stereocenters. The van der Waals surface area contributed by atoms with Crippen LogP contribution in [0.2, 0.25) is 0 Å². The fourth-order valence-electron chi connectivity index (χ4n) is 4.34. The number of amides is 2. The number of carbonyl (C=O) groups excluding carboxylic acids is 2. The first-order valence-electron chi connectivity index (χ1n) is 12.6. The largest absolute Gasteiger partial charge is 0.493 e. The van der Waals surface area contributed by atoms with Gasteiger partial charge in [0, 0.05) is 63.2 Å². The normalized spacial score (nSPS) is 16.4. The molecule has 2 heterocycles. The number of rotatable bonds is 10. The van der Waals surface area contributed by atoms with Gasteiger partial charge in [0.25, 0.3) is 0 Å². The minimum atomic E-state index is -0.0115. The zero-order valence-electron chi connectivity index (χ0n) is 21.1. The van der Waals surface area contributed by atoms with Crippen molar-refractivity contribution in [2.75, 3.05) is 51.8 Å². The maximum Gasteiger partial charge on any atom is 0.243 e. The van der Waals surface area contributed by atoms with Gasteiger partial charge in [-0.25, -0.2) is 5.01 Å². The van der Waals surface area contributed by atoms with E-state index in [1.165, 1.54) is 5.01 Å². The summed E-state index contributed by atoms with van der Waals surface area (Å²) in [6.45, 7) is 7.50. The second-order valence-corrected chi connectivity index (χ2v) is 8.88. The average molecular weight is 494 g/mol. The first-order chi connectivity index (χ1) is 17.6. The van der Waals surface area contributed by atoms with E-state index in [-0.39, 0.29) is 11.8 Å². The van der Waals surface area contributed by atoms with Crippen LogP contribution in [0.25, 0.3) is 0 Å². The molecule has 2 aromatic rings. The molecular weight excluding hydrogens is 458 g/mol. The molecule has 192 valence electrons. The average Bonchev–Trinajstić information content (AvgIpc) is 2.90. The summed E-state index contributed by atoms with van der Waals surface area (Å²) in [5.74, 6) is 1.32. The Morgan fingerprint density at radius 3 is 2.58 bits per heavy atom. The molecule has 0 unspecified atom stereocenters. The number of benzene rings is 2. The van der Waals surface area contributed by atoms with Gasteiger partial charge in [-0.2, -0.15) is 5.10 Å². The Morgan fingerprint density at radius 2 is 1.86 bits per heavy atom. The van der Waals surface area contributed by atoms with E-state index in [9.17, 15) is 9.59 Å². The van der Waals surface area contributed by atoms with Gasteiger partial charge in [-0.05, 0) is 42.8 Å². The van der Waals surface area contributed by atoms with Crippen LogP contribution < -0.4 is 20.1 Å². The van der Waals surface area contributed by atoms with Gasteiger partial charge in [-0.3, -0.25) is 9.59 Å². The number of methoxy groups -OCH3 is 1. The Hall–Kier alpha value is -3.43. The molecular formula is C27H35N5O4. The Morgan fingerprint density at radius 1 is 1.08 bits per heavy atom. The van der Waals surface area contributed by atoms with Crippen molar-refractivity contribution in [2.45, 2.75) is 32.7 Å². The summed E-state index contributed by atoms with van der Waals surface area (Å²) >= 11 is 0. The molecule has 2 N–H and O–H groups in total. The number of piperazine rings is 1. The van der Waals surface area contributed by atoms with Gasteiger partial charge in [-0.15, -0.1) is 0 Å². The Bertz CT molecular complexity index is 1080. The van der Waals surface area contributed by atoms with E-state index in [1.54, 1.807) is 7.11 Å². The molecule has 1 fully saturated rings. The number of nitrogens with one attached hydrogen (secondary N) is 2. The van der Waals surface area contributed by atoms with Crippen LogP contribution in [-0.2, 0) is 16.1 Å². The van der Waals surface area contributed by atoms with Crippen LogP contribution in [0.15, 0.2) is 47.6 Å². The topological polar surface area (TPSA) is 95.5 Å². The van der Waals surface area contributed by atoms with Crippen molar-refractivity contribution in [3.05, 3.63) is 53.6 Å². The van der Waals surface area contributed by atoms with E-state index < -0.39 is 0 Å². The maximum absolute atomic E-state index is 12.6. The summed E-state index contributed by atoms with van der Waals surface area (Å²) in [5, 5.41) is 12.4. The highest BCUT2D eigenvalue weighted by Gasteiger charge is 2.22. The van der Waals surface area contributed by atoms with E-state index in [2.05, 4.69) is 20.6 Å². The zero-order chi connectivity index (χ0) is 25.3. The standard InChI is InChI=1S/C27H35N5O4/c1-3-36-25-18-21(6-10-24(25)35-2)23-9-11-27(34)32(30-23)19-20-4-7-22(8-5-20)29-26(33)12-15-31-16-13-28-14-17-31/h4-8,10,18,28H,3,9,11-17,19H2,1-2H3,(H,29,33). The van der Waals surface area contributed by atoms with Crippen molar-refractivity contribution in [1.29, 1.82) is 0 Å². The molecule has 2 aromatic carbocycles. The number of carbonyl (C=O) groups is 2. The third-order valence-electron chi connectivity index (χ3n) is 6.34. The number of hydrogen-bond acceptors (Lipinski definition) is 7. The fourth-order valence-corrected chi connectivity index (χ4v) is 4.34. The highest BCUT2D eigenvalue weighted by atomic mass is 16.5. The zero-order valence-corrected chi connectivity index (χ0v) is 21.1. The molecule has 0 saturated carbocycles. The summed E-state index contributed by atoms with van der Waals surface area (Å²) in [6, 6.07) is 13.3. The summed E-state index contributed by atoms with van der Waals surface area (Å²) in [5.41, 5.74) is 3.44. The monoisotopic (exact) mass is 493 g/mol. The van der Waals surface area contributed by atoms with Crippen LogP contribution in [0.4, 0.5) is 5.69 Å². The van der Waals surface area contributed by atoms with Crippen LogP contribution >= 0.6 is 0 Å². The summed E-state index contributed by atoms with van der Waals surface area (Å²) in [7, 11) is 1.61. The van der Waals surface area contributed by atoms with Crippen molar-refractivity contribution in [3.63, 3.8) is 0 Å². The Labute approximate surface area is 212 Å². The van der Waals surface area contributed by atoms with Crippen LogP contribution in [0.3, 0.4) is 0 Å². The van der Waals surface area contributed by atoms with Crippen molar-refractivity contribution >= 4 is 23.2 Å². The Balaban J connectivity index is 1.36. The predicted octanol–water partition coefficient (Wildman–Crippen LogP) is 2.85. The van der Waals surface area contributed by atoms with Crippen LogP contribution in [-0.4, -0.2) is 73.9 Å². The molecule has 0 bridgehead atoms. The first-order valence-corrected chi connectivity index (χ1v) is 12.6. The Kier molecular flexibility index (Phi) is 8.91. The molecule has 2 aliphatic rings. The summed E-state index contributed by atoms with van der Waals surface area (Å²) in [4.78, 5) is 27.2. The molecule has 9 nitrogen and oxygen atoms in total. The lowest BCUT2D eigenvalue weighted by Crippen LogP contribution is -2.44. The van der Waals surface area contributed by atoms with Crippen LogP contribution in [0, 0.1) is 0 Å². The van der Waals surface area contributed by atoms with Gasteiger partial charge < -0.3 is 25.0 Å². The van der Waals surface area contributed by atoms with E-state index in [4.69, 9.17) is 9.47 Å². The lowest BCUT2D eigenvalue weighted by molar-refractivity contribution is -0.132. The molecule has 4 rings (SSSR count). The molecule has 0 spiro atoms. The van der Waals surface area contributed by atoms with Gasteiger partial charge in [0.15, 0.2) is 11.5 Å². The molecule has 0 radical (unpaired) electrons. The molecule has 0 aliphatic carbocycles. The summed E-state index contributed by atoms with van der Waals surface area (Å²) in [6.07, 6.45) is 1.44. The van der Waals surface area contributed by atoms with Crippen LogP contribution in [0.5, 0.6) is 11.5 Å². The number of ether oxygens (including phenoxy) is 2. The minimum Gasteiger partial charge on any atom is -0.493 e. The number of nitrogens with zero attached hydrogens (tertiary/aromatic N) is 3. The second kappa shape index (κ2) is 12.5. The summed E-state index contributed by atoms with van der Waals surface area (Å²) < 4.78 is 11.1. The molecule has 9 heteroatoms. The highest BCUT2D eigenvalue weighted by molar-refractivity contribution is 6.04. The van der Waals surface area contributed by atoms with Crippen LogP contribution in [0.1, 0.15) is 37.3 Å². The molecule has 0 aromatic heterocycles. The maximum atomic E-state index is 12.6. The van der Waals surface area contributed by atoms with E-state index >= 15 is 0 Å². The van der Waals surface area contributed by atoms with Gasteiger partial charge in [0.1, 0.15) is 0 Å². The smallest absolute Gasteiger partial charge is 0.243 e. The van der Waals surface area contributed by atoms with E-state index in [1.807, 2.05) is 49.4 Å². The van der Waals surface area contributed by atoms with Gasteiger partial charge in [0.05, 0.1) is 26.0 Å². The van der Waals surface area contributed by atoms with Crippen molar-refractivity contribution in [3.8, 4) is 11.5 Å². The molecule has 2 amide bonds. The SMILES string of the molecule is CCOc1cc(C2=NN(Cc3ccc(NC(=O)CCN4CCNCC4)cc3)C(=O)CC2)ccc1OC. The number of anilines is 1.